The molecular weight excluding hydrogens is 498 g/mol. The van der Waals surface area contributed by atoms with E-state index < -0.39 is 29.6 Å². The second-order valence-corrected chi connectivity index (χ2v) is 10.6. The van der Waals surface area contributed by atoms with Gasteiger partial charge in [-0.25, -0.2) is 4.79 Å². The van der Waals surface area contributed by atoms with Gasteiger partial charge in [0.1, 0.15) is 18.0 Å². The number of carbonyl (C=O) groups is 3. The third-order valence-electron chi connectivity index (χ3n) is 6.32. The summed E-state index contributed by atoms with van der Waals surface area (Å²) in [5.74, 6) is -0.895. The van der Waals surface area contributed by atoms with Crippen molar-refractivity contribution in [1.82, 2.24) is 15.2 Å². The molecule has 1 aromatic heterocycles. The van der Waals surface area contributed by atoms with Crippen LogP contribution in [0.2, 0.25) is 0 Å². The number of carbonyl (C=O) groups excluding carboxylic acids is 3. The van der Waals surface area contributed by atoms with Crippen molar-refractivity contribution in [2.24, 2.45) is 5.92 Å². The number of pyridine rings is 1. The molecular formula is C30H35N3O6. The highest BCUT2D eigenvalue weighted by Crippen LogP contribution is 2.24. The van der Waals surface area contributed by atoms with E-state index in [2.05, 4.69) is 10.3 Å². The van der Waals surface area contributed by atoms with Crippen LogP contribution in [0.25, 0.3) is 10.9 Å². The summed E-state index contributed by atoms with van der Waals surface area (Å²) in [6, 6.07) is 16.1. The summed E-state index contributed by atoms with van der Waals surface area (Å²) in [5, 5.41) is 3.93. The van der Waals surface area contributed by atoms with Gasteiger partial charge < -0.3 is 24.4 Å². The molecule has 2 unspecified atom stereocenters. The molecule has 0 aliphatic carbocycles. The van der Waals surface area contributed by atoms with E-state index >= 15 is 0 Å². The van der Waals surface area contributed by atoms with Gasteiger partial charge in [-0.2, -0.15) is 0 Å². The number of amides is 2. The number of hydrogen-bond acceptors (Lipinski definition) is 7. The minimum atomic E-state index is -0.692. The average Bonchev–Trinajstić information content (AvgIpc) is 3.31. The average molecular weight is 534 g/mol. The van der Waals surface area contributed by atoms with E-state index in [1.807, 2.05) is 37.3 Å². The lowest BCUT2D eigenvalue weighted by Gasteiger charge is -2.24. The Bertz CT molecular complexity index is 1350. The minimum Gasteiger partial charge on any atom is -0.489 e. The third-order valence-corrected chi connectivity index (χ3v) is 6.32. The third kappa shape index (κ3) is 7.04. The number of aromatic nitrogens is 1. The number of likely N-dealkylation sites (tertiary alicyclic amines) is 1. The van der Waals surface area contributed by atoms with Crippen LogP contribution in [0, 0.1) is 12.8 Å². The van der Waals surface area contributed by atoms with E-state index in [4.69, 9.17) is 14.2 Å². The summed E-state index contributed by atoms with van der Waals surface area (Å²) in [5.41, 5.74) is 2.59. The number of aryl methyl sites for hydroxylation is 1. The van der Waals surface area contributed by atoms with Crippen LogP contribution < -0.4 is 10.1 Å². The van der Waals surface area contributed by atoms with Gasteiger partial charge in [0.05, 0.1) is 24.1 Å². The predicted molar refractivity (Wildman–Crippen MR) is 146 cm³/mol. The molecule has 9 heteroatoms. The molecule has 1 N–H and O–H groups in total. The quantitative estimate of drug-likeness (QED) is 0.441. The van der Waals surface area contributed by atoms with Gasteiger partial charge in [0.2, 0.25) is 0 Å². The lowest BCUT2D eigenvalue weighted by atomic mass is 10.0. The van der Waals surface area contributed by atoms with Gasteiger partial charge in [-0.3, -0.25) is 14.6 Å². The van der Waals surface area contributed by atoms with Crippen molar-refractivity contribution in [3.05, 3.63) is 71.4 Å². The lowest BCUT2D eigenvalue weighted by molar-refractivity contribution is -0.148. The van der Waals surface area contributed by atoms with Crippen LogP contribution in [-0.2, 0) is 20.9 Å². The zero-order valence-electron chi connectivity index (χ0n) is 23.0. The largest absolute Gasteiger partial charge is 0.489 e. The van der Waals surface area contributed by atoms with Crippen molar-refractivity contribution in [3.63, 3.8) is 0 Å². The molecule has 0 spiro atoms. The molecule has 1 saturated heterocycles. The molecule has 0 saturated carbocycles. The smallest absolute Gasteiger partial charge is 0.410 e. The molecule has 206 valence electrons. The second kappa shape index (κ2) is 11.7. The van der Waals surface area contributed by atoms with Crippen molar-refractivity contribution in [3.8, 4) is 5.75 Å². The van der Waals surface area contributed by atoms with Crippen LogP contribution in [0.4, 0.5) is 4.79 Å². The first kappa shape index (κ1) is 27.9. The summed E-state index contributed by atoms with van der Waals surface area (Å²) in [7, 11) is 0. The second-order valence-electron chi connectivity index (χ2n) is 10.6. The molecule has 2 amide bonds. The number of ether oxygens (including phenoxy) is 3. The molecule has 0 radical (unpaired) electrons. The Morgan fingerprint density at radius 2 is 1.77 bits per heavy atom. The molecule has 9 nitrogen and oxygen atoms in total. The lowest BCUT2D eigenvalue weighted by Crippen LogP contribution is -2.43. The number of nitrogens with one attached hydrogen (secondary N) is 1. The van der Waals surface area contributed by atoms with Crippen LogP contribution in [0.5, 0.6) is 5.75 Å². The number of nitrogens with zero attached hydrogens (tertiary/aromatic N) is 2. The Labute approximate surface area is 228 Å². The van der Waals surface area contributed by atoms with Crippen molar-refractivity contribution in [1.29, 1.82) is 0 Å². The molecule has 1 aliphatic heterocycles. The van der Waals surface area contributed by atoms with Crippen molar-refractivity contribution < 1.29 is 28.6 Å². The van der Waals surface area contributed by atoms with Gasteiger partial charge in [0, 0.05) is 35.3 Å². The summed E-state index contributed by atoms with van der Waals surface area (Å²) < 4.78 is 16.6. The number of fused-ring (bicyclic) bond motifs is 1. The van der Waals surface area contributed by atoms with E-state index in [1.165, 1.54) is 4.90 Å². The summed E-state index contributed by atoms with van der Waals surface area (Å²) in [6.45, 7) is 9.81. The SMILES string of the molecule is CCOC(=O)C1CN(C(=O)OC(C)(C)C)CC1NC(=O)c1ccc(OCc2cc(C)nc3ccccc23)cc1. The van der Waals surface area contributed by atoms with Gasteiger partial charge in [0.15, 0.2) is 0 Å². The molecule has 39 heavy (non-hydrogen) atoms. The van der Waals surface area contributed by atoms with Gasteiger partial charge in [-0.15, -0.1) is 0 Å². The Kier molecular flexibility index (Phi) is 8.38. The Morgan fingerprint density at radius 1 is 1.05 bits per heavy atom. The molecule has 4 rings (SSSR count). The van der Waals surface area contributed by atoms with Crippen LogP contribution in [0.3, 0.4) is 0 Å². The standard InChI is InChI=1S/C30H35N3O6/c1-6-37-28(35)24-16-33(29(36)39-30(3,4)5)17-26(24)32-27(34)20-11-13-22(14-12-20)38-18-21-15-19(2)31-25-10-8-7-9-23(21)25/h7-15,24,26H,6,16-18H2,1-5H3,(H,32,34). The van der Waals surface area contributed by atoms with Gasteiger partial charge in [0.25, 0.3) is 5.91 Å². The topological polar surface area (TPSA) is 107 Å². The van der Waals surface area contributed by atoms with E-state index in [0.717, 1.165) is 22.2 Å². The van der Waals surface area contributed by atoms with Gasteiger partial charge >= 0.3 is 12.1 Å². The highest BCUT2D eigenvalue weighted by molar-refractivity contribution is 5.95. The number of hydrogen-bond donors (Lipinski definition) is 1. The summed E-state index contributed by atoms with van der Waals surface area (Å²) in [6.07, 6.45) is -0.535. The molecule has 2 aromatic carbocycles. The fourth-order valence-electron chi connectivity index (χ4n) is 4.54. The highest BCUT2D eigenvalue weighted by Gasteiger charge is 2.42. The maximum Gasteiger partial charge on any atom is 0.410 e. The van der Waals surface area contributed by atoms with Gasteiger partial charge in [-0.1, -0.05) is 18.2 Å². The zero-order valence-corrected chi connectivity index (χ0v) is 23.0. The Morgan fingerprint density at radius 3 is 2.46 bits per heavy atom. The predicted octanol–water partition coefficient (Wildman–Crippen LogP) is 4.65. The number of benzene rings is 2. The van der Waals surface area contributed by atoms with Crippen molar-refractivity contribution in [2.45, 2.75) is 52.9 Å². The van der Waals surface area contributed by atoms with Gasteiger partial charge in [-0.05, 0) is 71.0 Å². The summed E-state index contributed by atoms with van der Waals surface area (Å²) >= 11 is 0. The van der Waals surface area contributed by atoms with E-state index in [-0.39, 0.29) is 25.6 Å². The number of para-hydroxylation sites is 1. The zero-order chi connectivity index (χ0) is 28.2. The van der Waals surface area contributed by atoms with Crippen LogP contribution >= 0.6 is 0 Å². The normalized spacial score (nSPS) is 17.1. The van der Waals surface area contributed by atoms with Crippen LogP contribution in [0.1, 0.15) is 49.3 Å². The summed E-state index contributed by atoms with van der Waals surface area (Å²) in [4.78, 5) is 44.2. The maximum absolute atomic E-state index is 13.1. The minimum absolute atomic E-state index is 0.106. The monoisotopic (exact) mass is 533 g/mol. The number of rotatable bonds is 7. The first-order chi connectivity index (χ1) is 18.5. The molecule has 3 aromatic rings. The maximum atomic E-state index is 13.1. The van der Waals surface area contributed by atoms with Crippen LogP contribution in [-0.4, -0.2) is 59.2 Å². The number of esters is 1. The van der Waals surface area contributed by atoms with Crippen LogP contribution in [0.15, 0.2) is 54.6 Å². The Balaban J connectivity index is 1.41. The Hall–Kier alpha value is -4.14. The fraction of sp³-hybridized carbons (Fsp3) is 0.400. The van der Waals surface area contributed by atoms with E-state index in [0.29, 0.717) is 17.9 Å². The van der Waals surface area contributed by atoms with E-state index in [1.54, 1.807) is 52.0 Å². The molecule has 1 fully saturated rings. The molecule has 1 aliphatic rings. The fourth-order valence-corrected chi connectivity index (χ4v) is 4.54. The highest BCUT2D eigenvalue weighted by atomic mass is 16.6. The van der Waals surface area contributed by atoms with Crippen molar-refractivity contribution >= 4 is 28.9 Å². The molecule has 2 atom stereocenters. The molecule has 0 bridgehead atoms. The van der Waals surface area contributed by atoms with E-state index in [9.17, 15) is 14.4 Å². The first-order valence-corrected chi connectivity index (χ1v) is 13.1. The molecule has 2 heterocycles. The first-order valence-electron chi connectivity index (χ1n) is 13.1. The van der Waals surface area contributed by atoms with Crippen molar-refractivity contribution in [2.75, 3.05) is 19.7 Å².